The van der Waals surface area contributed by atoms with Crippen LogP contribution < -0.4 is 10.6 Å². The zero-order chi connectivity index (χ0) is 28.4. The summed E-state index contributed by atoms with van der Waals surface area (Å²) in [6, 6.07) is 0. The SMILES string of the molecule is CN(O)C(=O)CCC(=O)NCCCCN(CCCNC(=O)CCC(=O)N(C)O)C(=O)CCC(=O)N(C)O. The molecule has 15 nitrogen and oxygen atoms in total. The van der Waals surface area contributed by atoms with E-state index in [1.807, 2.05) is 0 Å². The second kappa shape index (κ2) is 18.9. The Morgan fingerprint density at radius 3 is 1.30 bits per heavy atom. The Hall–Kier alpha value is -3.30. The number of hydroxylamine groups is 6. The Morgan fingerprint density at radius 1 is 0.514 bits per heavy atom. The summed E-state index contributed by atoms with van der Waals surface area (Å²) >= 11 is 0. The van der Waals surface area contributed by atoms with Crippen molar-refractivity contribution in [2.24, 2.45) is 0 Å². The summed E-state index contributed by atoms with van der Waals surface area (Å²) in [5, 5.41) is 33.7. The molecule has 0 radical (unpaired) electrons. The minimum Gasteiger partial charge on any atom is -0.356 e. The van der Waals surface area contributed by atoms with Crippen molar-refractivity contribution >= 4 is 35.4 Å². The molecule has 0 rings (SSSR count). The van der Waals surface area contributed by atoms with Gasteiger partial charge in [0.15, 0.2) is 0 Å². The van der Waals surface area contributed by atoms with Gasteiger partial charge >= 0.3 is 0 Å². The molecule has 5 N–H and O–H groups in total. The first kappa shape index (κ1) is 33.7. The average Bonchev–Trinajstić information content (AvgIpc) is 2.84. The summed E-state index contributed by atoms with van der Waals surface area (Å²) in [7, 11) is 3.53. The molecule has 0 fully saturated rings. The van der Waals surface area contributed by atoms with Gasteiger partial charge in [-0.1, -0.05) is 0 Å². The van der Waals surface area contributed by atoms with Gasteiger partial charge in [-0.15, -0.1) is 0 Å². The largest absolute Gasteiger partial charge is 0.356 e. The molecule has 0 bridgehead atoms. The first-order chi connectivity index (χ1) is 17.3. The number of carbonyl (C=O) groups excluding carboxylic acids is 6. The smallest absolute Gasteiger partial charge is 0.246 e. The Kier molecular flexibility index (Phi) is 17.2. The fourth-order valence-corrected chi connectivity index (χ4v) is 2.99. The van der Waals surface area contributed by atoms with Crippen LogP contribution in [0.5, 0.6) is 0 Å². The maximum absolute atomic E-state index is 12.6. The predicted octanol–water partition coefficient (Wildman–Crippen LogP) is -0.899. The van der Waals surface area contributed by atoms with Crippen molar-refractivity contribution in [1.82, 2.24) is 30.7 Å². The average molecular weight is 533 g/mol. The highest BCUT2D eigenvalue weighted by Crippen LogP contribution is 2.05. The highest BCUT2D eigenvalue weighted by atomic mass is 16.5. The Bertz CT molecular complexity index is 774. The molecule has 0 spiro atoms. The maximum atomic E-state index is 12.6. The van der Waals surface area contributed by atoms with Gasteiger partial charge in [0.05, 0.1) is 0 Å². The van der Waals surface area contributed by atoms with Crippen molar-refractivity contribution < 1.29 is 44.4 Å². The molecule has 0 aliphatic heterocycles. The zero-order valence-corrected chi connectivity index (χ0v) is 21.8. The lowest BCUT2D eigenvalue weighted by atomic mass is 10.2. The van der Waals surface area contributed by atoms with Gasteiger partial charge in [-0.3, -0.25) is 44.4 Å². The summed E-state index contributed by atoms with van der Waals surface area (Å²) in [5.41, 5.74) is 0. The van der Waals surface area contributed by atoms with E-state index in [0.717, 1.165) is 0 Å². The second-order valence-electron chi connectivity index (χ2n) is 8.39. The van der Waals surface area contributed by atoms with Gasteiger partial charge in [0, 0.05) is 85.8 Å². The van der Waals surface area contributed by atoms with E-state index in [9.17, 15) is 28.8 Å². The van der Waals surface area contributed by atoms with Crippen molar-refractivity contribution in [2.75, 3.05) is 47.3 Å². The highest BCUT2D eigenvalue weighted by Gasteiger charge is 2.17. The van der Waals surface area contributed by atoms with Crippen LogP contribution in [0.3, 0.4) is 0 Å². The van der Waals surface area contributed by atoms with Gasteiger partial charge < -0.3 is 15.5 Å². The number of amides is 6. The zero-order valence-electron chi connectivity index (χ0n) is 21.8. The van der Waals surface area contributed by atoms with Crippen LogP contribution in [0, 0.1) is 0 Å². The minimum atomic E-state index is -0.600. The molecular formula is C22H40N6O9. The molecule has 0 aliphatic rings. The number of rotatable bonds is 18. The van der Waals surface area contributed by atoms with Gasteiger partial charge in [0.25, 0.3) is 0 Å². The van der Waals surface area contributed by atoms with Crippen LogP contribution in [0.2, 0.25) is 0 Å². The Morgan fingerprint density at radius 2 is 0.865 bits per heavy atom. The molecule has 0 saturated heterocycles. The first-order valence-electron chi connectivity index (χ1n) is 12.0. The topological polar surface area (TPSA) is 200 Å². The van der Waals surface area contributed by atoms with E-state index >= 15 is 0 Å². The third kappa shape index (κ3) is 16.9. The standard InChI is InChI=1S/C22H40N6O9/c1-25(35)19(31)9-7-17(29)23-13-4-5-15-28(22(34)12-11-21(33)27(3)37)16-6-14-24-18(30)8-10-20(32)26(2)36/h35-37H,4-16H2,1-3H3,(H,23,29)(H,24,30). The molecular weight excluding hydrogens is 492 g/mol. The number of nitrogens with one attached hydrogen (secondary N) is 2. The van der Waals surface area contributed by atoms with Crippen LogP contribution in [-0.4, -0.2) is 118 Å². The highest BCUT2D eigenvalue weighted by molar-refractivity contribution is 5.84. The fraction of sp³-hybridized carbons (Fsp3) is 0.727. The quantitative estimate of drug-likeness (QED) is 0.0843. The van der Waals surface area contributed by atoms with Crippen molar-refractivity contribution in [3.05, 3.63) is 0 Å². The summed E-state index contributed by atoms with van der Waals surface area (Å²) < 4.78 is 0. The molecule has 0 aromatic carbocycles. The van der Waals surface area contributed by atoms with E-state index in [0.29, 0.717) is 54.1 Å². The molecule has 0 saturated carbocycles. The van der Waals surface area contributed by atoms with Crippen LogP contribution in [0.1, 0.15) is 57.8 Å². The molecule has 0 heterocycles. The summed E-state index contributed by atoms with van der Waals surface area (Å²) in [6.07, 6.45) is 0.853. The van der Waals surface area contributed by atoms with Crippen molar-refractivity contribution in [1.29, 1.82) is 0 Å². The van der Waals surface area contributed by atoms with E-state index in [1.54, 1.807) is 4.90 Å². The number of hydrogen-bond donors (Lipinski definition) is 5. The van der Waals surface area contributed by atoms with E-state index in [2.05, 4.69) is 10.6 Å². The summed E-state index contributed by atoms with van der Waals surface area (Å²) in [5.74, 6) is -2.76. The molecule has 6 amide bonds. The molecule has 212 valence electrons. The molecule has 15 heteroatoms. The fourth-order valence-electron chi connectivity index (χ4n) is 2.99. The number of nitrogens with zero attached hydrogens (tertiary/aromatic N) is 4. The lowest BCUT2D eigenvalue weighted by Crippen LogP contribution is -2.36. The van der Waals surface area contributed by atoms with Crippen LogP contribution in [0.25, 0.3) is 0 Å². The van der Waals surface area contributed by atoms with Crippen molar-refractivity contribution in [3.8, 4) is 0 Å². The van der Waals surface area contributed by atoms with Crippen molar-refractivity contribution in [3.63, 3.8) is 0 Å². The van der Waals surface area contributed by atoms with Crippen LogP contribution in [0.4, 0.5) is 0 Å². The monoisotopic (exact) mass is 532 g/mol. The first-order valence-corrected chi connectivity index (χ1v) is 12.0. The number of hydrogen-bond acceptors (Lipinski definition) is 9. The number of unbranched alkanes of at least 4 members (excludes halogenated alkanes) is 1. The van der Waals surface area contributed by atoms with Gasteiger partial charge in [-0.2, -0.15) is 0 Å². The molecule has 0 atom stereocenters. The minimum absolute atomic E-state index is 0.0573. The van der Waals surface area contributed by atoms with Gasteiger partial charge in [-0.05, 0) is 19.3 Å². The lowest BCUT2D eigenvalue weighted by Gasteiger charge is -2.23. The van der Waals surface area contributed by atoms with E-state index < -0.39 is 17.7 Å². The summed E-state index contributed by atoms with van der Waals surface area (Å²) in [6.45, 7) is 1.22. The maximum Gasteiger partial charge on any atom is 0.246 e. The summed E-state index contributed by atoms with van der Waals surface area (Å²) in [4.78, 5) is 72.0. The van der Waals surface area contributed by atoms with Crippen LogP contribution >= 0.6 is 0 Å². The normalized spacial score (nSPS) is 10.3. The van der Waals surface area contributed by atoms with E-state index in [4.69, 9.17) is 15.6 Å². The second-order valence-corrected chi connectivity index (χ2v) is 8.39. The van der Waals surface area contributed by atoms with Crippen molar-refractivity contribution in [2.45, 2.75) is 57.8 Å². The Balaban J connectivity index is 4.51. The van der Waals surface area contributed by atoms with Gasteiger partial charge in [0.1, 0.15) is 0 Å². The van der Waals surface area contributed by atoms with E-state index in [-0.39, 0.29) is 62.8 Å². The number of carbonyl (C=O) groups is 6. The van der Waals surface area contributed by atoms with Crippen LogP contribution in [-0.2, 0) is 28.8 Å². The van der Waals surface area contributed by atoms with Gasteiger partial charge in [0.2, 0.25) is 35.4 Å². The molecule has 37 heavy (non-hydrogen) atoms. The third-order valence-electron chi connectivity index (χ3n) is 5.22. The lowest BCUT2D eigenvalue weighted by molar-refractivity contribution is -0.160. The molecule has 0 unspecified atom stereocenters. The van der Waals surface area contributed by atoms with Gasteiger partial charge in [-0.25, -0.2) is 15.2 Å². The molecule has 0 aromatic rings. The third-order valence-corrected chi connectivity index (χ3v) is 5.22. The Labute approximate surface area is 216 Å². The van der Waals surface area contributed by atoms with Crippen LogP contribution in [0.15, 0.2) is 0 Å². The molecule has 0 aliphatic carbocycles. The van der Waals surface area contributed by atoms with E-state index in [1.165, 1.54) is 21.1 Å². The predicted molar refractivity (Wildman–Crippen MR) is 128 cm³/mol. The molecule has 0 aromatic heterocycles.